The van der Waals surface area contributed by atoms with Crippen molar-refractivity contribution in [2.24, 2.45) is 0 Å². The fraction of sp³-hybridized carbons (Fsp3) is 0.231. The quantitative estimate of drug-likeness (QED) is 0.599. The maximum atomic E-state index is 11.5. The van der Waals surface area contributed by atoms with Gasteiger partial charge in [-0.2, -0.15) is 0 Å². The van der Waals surface area contributed by atoms with Crippen LogP contribution in [-0.4, -0.2) is 24.8 Å². The van der Waals surface area contributed by atoms with E-state index in [-0.39, 0.29) is 5.91 Å². The van der Waals surface area contributed by atoms with Crippen LogP contribution in [-0.2, 0) is 4.79 Å². The Morgan fingerprint density at radius 1 is 1.47 bits per heavy atom. The molecular weight excluding hydrogens is 218 g/mol. The zero-order valence-corrected chi connectivity index (χ0v) is 9.68. The van der Waals surface area contributed by atoms with Gasteiger partial charge in [0.05, 0.1) is 0 Å². The molecule has 17 heavy (non-hydrogen) atoms. The van der Waals surface area contributed by atoms with Crippen LogP contribution in [0.15, 0.2) is 36.9 Å². The fourth-order valence-corrected chi connectivity index (χ4v) is 1.20. The molecule has 4 heteroatoms. The van der Waals surface area contributed by atoms with Crippen LogP contribution in [0.3, 0.4) is 0 Å². The highest BCUT2D eigenvalue weighted by Gasteiger charge is 2.13. The number of rotatable bonds is 6. The second-order valence-electron chi connectivity index (χ2n) is 3.48. The minimum Gasteiger partial charge on any atom is -0.481 e. The average Bonchev–Trinajstić information content (AvgIpc) is 2.36. The van der Waals surface area contributed by atoms with Crippen LogP contribution in [0, 0.1) is 0 Å². The van der Waals surface area contributed by atoms with E-state index in [1.54, 1.807) is 37.3 Å². The van der Waals surface area contributed by atoms with Crippen molar-refractivity contribution in [1.29, 1.82) is 0 Å². The number of benzene rings is 1. The van der Waals surface area contributed by atoms with Crippen molar-refractivity contribution in [3.63, 3.8) is 0 Å². The number of hydrogen-bond acceptors (Lipinski definition) is 3. The Morgan fingerprint density at radius 2 is 2.12 bits per heavy atom. The molecule has 0 spiro atoms. The predicted octanol–water partition coefficient (Wildman–Crippen LogP) is 1.57. The molecule has 1 N–H and O–H groups in total. The molecule has 90 valence electrons. The van der Waals surface area contributed by atoms with Crippen molar-refractivity contribution in [3.05, 3.63) is 42.5 Å². The summed E-state index contributed by atoms with van der Waals surface area (Å²) in [5, 5.41) is 2.64. The molecule has 4 nitrogen and oxygen atoms in total. The molecule has 0 bridgehead atoms. The van der Waals surface area contributed by atoms with Gasteiger partial charge >= 0.3 is 0 Å². The van der Waals surface area contributed by atoms with Crippen LogP contribution in [0.1, 0.15) is 17.3 Å². The molecule has 0 aromatic heterocycles. The van der Waals surface area contributed by atoms with Gasteiger partial charge in [0.25, 0.3) is 5.91 Å². The van der Waals surface area contributed by atoms with Gasteiger partial charge in [0.15, 0.2) is 6.10 Å². The Balaban J connectivity index is 2.54. The first-order valence-corrected chi connectivity index (χ1v) is 5.28. The zero-order valence-electron chi connectivity index (χ0n) is 9.68. The van der Waals surface area contributed by atoms with E-state index in [9.17, 15) is 9.59 Å². The molecule has 1 atom stereocenters. The van der Waals surface area contributed by atoms with E-state index in [1.807, 2.05) is 0 Å². The van der Waals surface area contributed by atoms with Gasteiger partial charge in [0.1, 0.15) is 12.0 Å². The molecule has 0 aliphatic heterocycles. The van der Waals surface area contributed by atoms with Crippen molar-refractivity contribution < 1.29 is 14.3 Å². The average molecular weight is 233 g/mol. The van der Waals surface area contributed by atoms with E-state index in [0.717, 1.165) is 6.29 Å². The van der Waals surface area contributed by atoms with Crippen LogP contribution in [0.5, 0.6) is 5.75 Å². The largest absolute Gasteiger partial charge is 0.481 e. The molecule has 0 aliphatic rings. The molecule has 0 heterocycles. The lowest BCUT2D eigenvalue weighted by atomic mass is 10.2. The minimum absolute atomic E-state index is 0.204. The Labute approximate surface area is 100 Å². The Kier molecular flexibility index (Phi) is 4.94. The number of carbonyl (C=O) groups excluding carboxylic acids is 2. The summed E-state index contributed by atoms with van der Waals surface area (Å²) in [6.07, 6.45) is 1.77. The van der Waals surface area contributed by atoms with Crippen LogP contribution in [0.4, 0.5) is 0 Å². The second kappa shape index (κ2) is 6.48. The molecule has 0 fully saturated rings. The lowest BCUT2D eigenvalue weighted by Gasteiger charge is -2.13. The number of hydrogen-bond donors (Lipinski definition) is 1. The molecule has 1 amide bonds. The molecule has 0 radical (unpaired) electrons. The number of amides is 1. The number of nitrogens with one attached hydrogen (secondary N) is 1. The summed E-state index contributed by atoms with van der Waals surface area (Å²) in [6.45, 7) is 5.58. The first kappa shape index (κ1) is 13.0. The number of aldehydes is 1. The van der Waals surface area contributed by atoms with Crippen molar-refractivity contribution in [3.8, 4) is 5.75 Å². The Bertz CT molecular complexity index is 398. The summed E-state index contributed by atoms with van der Waals surface area (Å²) >= 11 is 0. The smallest absolute Gasteiger partial charge is 0.261 e. The maximum absolute atomic E-state index is 11.5. The predicted molar refractivity (Wildman–Crippen MR) is 65.1 cm³/mol. The molecule has 1 aromatic rings. The molecule has 0 saturated carbocycles. The third kappa shape index (κ3) is 4.10. The Hall–Kier alpha value is -2.10. The highest BCUT2D eigenvalue weighted by atomic mass is 16.5. The molecule has 1 aromatic carbocycles. The first-order valence-electron chi connectivity index (χ1n) is 5.28. The van der Waals surface area contributed by atoms with E-state index in [1.165, 1.54) is 0 Å². The van der Waals surface area contributed by atoms with E-state index >= 15 is 0 Å². The SMILES string of the molecule is C=CCNC(=O)C(C)Oc1ccc(C=O)cc1. The van der Waals surface area contributed by atoms with Gasteiger partial charge in [0.2, 0.25) is 0 Å². The molecule has 1 unspecified atom stereocenters. The monoisotopic (exact) mass is 233 g/mol. The summed E-state index contributed by atoms with van der Waals surface area (Å²) < 4.78 is 5.41. The molecule has 0 saturated heterocycles. The van der Waals surface area contributed by atoms with Gasteiger partial charge in [-0.05, 0) is 31.2 Å². The van der Waals surface area contributed by atoms with E-state index in [2.05, 4.69) is 11.9 Å². The van der Waals surface area contributed by atoms with E-state index < -0.39 is 6.10 Å². The number of carbonyl (C=O) groups is 2. The van der Waals surface area contributed by atoms with Crippen molar-refractivity contribution in [2.75, 3.05) is 6.54 Å². The number of ether oxygens (including phenoxy) is 1. The summed E-state index contributed by atoms with van der Waals surface area (Å²) in [5.74, 6) is 0.348. The zero-order chi connectivity index (χ0) is 12.7. The van der Waals surface area contributed by atoms with Gasteiger partial charge in [-0.15, -0.1) is 6.58 Å². The first-order chi connectivity index (χ1) is 8.17. The third-order valence-corrected chi connectivity index (χ3v) is 2.12. The van der Waals surface area contributed by atoms with Gasteiger partial charge < -0.3 is 10.1 Å². The van der Waals surface area contributed by atoms with Crippen molar-refractivity contribution in [2.45, 2.75) is 13.0 Å². The Morgan fingerprint density at radius 3 is 2.65 bits per heavy atom. The molecular formula is C13H15NO3. The molecule has 0 aliphatic carbocycles. The lowest BCUT2D eigenvalue weighted by Crippen LogP contribution is -2.36. The lowest BCUT2D eigenvalue weighted by molar-refractivity contribution is -0.127. The highest BCUT2D eigenvalue weighted by molar-refractivity contribution is 5.80. The summed E-state index contributed by atoms with van der Waals surface area (Å²) in [6, 6.07) is 6.58. The fourth-order valence-electron chi connectivity index (χ4n) is 1.20. The summed E-state index contributed by atoms with van der Waals surface area (Å²) in [4.78, 5) is 21.9. The van der Waals surface area contributed by atoms with Crippen LogP contribution >= 0.6 is 0 Å². The van der Waals surface area contributed by atoms with Gasteiger partial charge in [-0.25, -0.2) is 0 Å². The van der Waals surface area contributed by atoms with Gasteiger partial charge in [-0.1, -0.05) is 6.08 Å². The third-order valence-electron chi connectivity index (χ3n) is 2.12. The molecule has 1 rings (SSSR count). The van der Waals surface area contributed by atoms with Gasteiger partial charge in [0, 0.05) is 12.1 Å². The summed E-state index contributed by atoms with van der Waals surface area (Å²) in [5.41, 5.74) is 0.570. The minimum atomic E-state index is -0.586. The normalized spacial score (nSPS) is 11.4. The second-order valence-corrected chi connectivity index (χ2v) is 3.48. The maximum Gasteiger partial charge on any atom is 0.261 e. The van der Waals surface area contributed by atoms with E-state index in [4.69, 9.17) is 4.74 Å². The van der Waals surface area contributed by atoms with Crippen molar-refractivity contribution >= 4 is 12.2 Å². The van der Waals surface area contributed by atoms with E-state index in [0.29, 0.717) is 17.9 Å². The highest BCUT2D eigenvalue weighted by Crippen LogP contribution is 2.12. The van der Waals surface area contributed by atoms with Gasteiger partial charge in [-0.3, -0.25) is 9.59 Å². The topological polar surface area (TPSA) is 55.4 Å². The summed E-state index contributed by atoms with van der Waals surface area (Å²) in [7, 11) is 0. The van der Waals surface area contributed by atoms with Crippen LogP contribution in [0.25, 0.3) is 0 Å². The van der Waals surface area contributed by atoms with Crippen LogP contribution < -0.4 is 10.1 Å². The van der Waals surface area contributed by atoms with Crippen LogP contribution in [0.2, 0.25) is 0 Å². The van der Waals surface area contributed by atoms with Crippen molar-refractivity contribution in [1.82, 2.24) is 5.32 Å². The standard InChI is InChI=1S/C13H15NO3/c1-3-8-14-13(16)10(2)17-12-6-4-11(9-15)5-7-12/h3-7,9-10H,1,8H2,2H3,(H,14,16).